The molecule has 3 aliphatic rings. The van der Waals surface area contributed by atoms with Crippen LogP contribution in [0.4, 0.5) is 0 Å². The first kappa shape index (κ1) is 19.6. The Labute approximate surface area is 199 Å². The predicted molar refractivity (Wildman–Crippen MR) is 144 cm³/mol. The minimum absolute atomic E-state index is 0.325. The number of hydrogen-bond donors (Lipinski definition) is 0. The van der Waals surface area contributed by atoms with E-state index >= 15 is 0 Å². The monoisotopic (exact) mass is 434 g/mol. The zero-order chi connectivity index (χ0) is 22.5. The smallest absolute Gasteiger partial charge is 0.0137 e. The lowest BCUT2D eigenvalue weighted by atomic mass is 9.68. The molecular weight excluding hydrogens is 408 g/mol. The van der Waals surface area contributed by atoms with Gasteiger partial charge in [0.15, 0.2) is 0 Å². The fourth-order valence-electron chi connectivity index (χ4n) is 6.36. The molecule has 0 aromatic heterocycles. The highest BCUT2D eigenvalue weighted by atomic mass is 14.4. The maximum absolute atomic E-state index is 2.44. The third kappa shape index (κ3) is 2.92. The van der Waals surface area contributed by atoms with Crippen LogP contribution in [0.1, 0.15) is 18.4 Å². The molecule has 0 saturated carbocycles. The third-order valence-electron chi connectivity index (χ3n) is 7.76. The summed E-state index contributed by atoms with van der Waals surface area (Å²) in [6, 6.07) is 33.6. The van der Waals surface area contributed by atoms with Gasteiger partial charge in [-0.3, -0.25) is 0 Å². The van der Waals surface area contributed by atoms with Crippen molar-refractivity contribution in [3.63, 3.8) is 0 Å². The van der Waals surface area contributed by atoms with E-state index in [1.165, 1.54) is 53.9 Å². The molecule has 7 rings (SSSR count). The minimum atomic E-state index is 0.325. The van der Waals surface area contributed by atoms with E-state index in [1.54, 1.807) is 0 Å². The molecule has 0 heterocycles. The summed E-state index contributed by atoms with van der Waals surface area (Å²) >= 11 is 0. The molecule has 2 unspecified atom stereocenters. The maximum Gasteiger partial charge on any atom is 0.0137 e. The number of fused-ring (bicyclic) bond motifs is 4. The van der Waals surface area contributed by atoms with E-state index in [9.17, 15) is 0 Å². The van der Waals surface area contributed by atoms with Crippen molar-refractivity contribution in [3.05, 3.63) is 142 Å². The lowest BCUT2D eigenvalue weighted by Crippen LogP contribution is -2.42. The topological polar surface area (TPSA) is 0 Å². The van der Waals surface area contributed by atoms with Crippen molar-refractivity contribution >= 4 is 33.6 Å². The number of benzene rings is 4. The molecule has 0 radical (unpaired) electrons. The van der Waals surface area contributed by atoms with Crippen molar-refractivity contribution in [2.45, 2.75) is 12.8 Å². The van der Waals surface area contributed by atoms with Crippen LogP contribution in [0.15, 0.2) is 115 Å². The van der Waals surface area contributed by atoms with Gasteiger partial charge in [-0.25, -0.2) is 0 Å². The van der Waals surface area contributed by atoms with Gasteiger partial charge in [-0.1, -0.05) is 121 Å². The second-order valence-electron chi connectivity index (χ2n) is 9.53. The summed E-state index contributed by atoms with van der Waals surface area (Å²) in [4.78, 5) is 0. The Morgan fingerprint density at radius 1 is 0.559 bits per heavy atom. The maximum atomic E-state index is 2.44. The summed E-state index contributed by atoms with van der Waals surface area (Å²) in [6.45, 7) is 0. The van der Waals surface area contributed by atoms with Gasteiger partial charge in [-0.05, 0) is 66.8 Å². The average Bonchev–Trinajstić information content (AvgIpc) is 2.91. The molecule has 0 bridgehead atoms. The molecule has 0 saturated heterocycles. The Kier molecular flexibility index (Phi) is 4.52. The molecule has 0 heteroatoms. The lowest BCUT2D eigenvalue weighted by molar-refractivity contribution is 0.688. The molecule has 34 heavy (non-hydrogen) atoms. The fourth-order valence-corrected chi connectivity index (χ4v) is 6.36. The highest BCUT2D eigenvalue weighted by Gasteiger charge is 2.33. The first-order chi connectivity index (χ1) is 16.9. The summed E-state index contributed by atoms with van der Waals surface area (Å²) in [6.07, 6.45) is 14.0. The fraction of sp³-hybridized carbons (Fsp3) is 0.118. The second-order valence-corrected chi connectivity index (χ2v) is 9.53. The van der Waals surface area contributed by atoms with E-state index in [-0.39, 0.29) is 0 Å². The quantitative estimate of drug-likeness (QED) is 0.417. The van der Waals surface area contributed by atoms with Crippen LogP contribution in [0.25, 0.3) is 33.6 Å². The normalized spacial score (nSPS) is 20.5. The van der Waals surface area contributed by atoms with Gasteiger partial charge < -0.3 is 0 Å². The van der Waals surface area contributed by atoms with Gasteiger partial charge in [-0.2, -0.15) is 0 Å². The summed E-state index contributed by atoms with van der Waals surface area (Å²) in [5.41, 5.74) is 5.86. The van der Waals surface area contributed by atoms with E-state index in [0.717, 1.165) is 12.8 Å². The van der Waals surface area contributed by atoms with E-state index in [1.807, 2.05) is 0 Å². The van der Waals surface area contributed by atoms with Crippen molar-refractivity contribution in [3.8, 4) is 0 Å². The summed E-state index contributed by atoms with van der Waals surface area (Å²) in [5, 5.41) is 8.22. The van der Waals surface area contributed by atoms with Gasteiger partial charge in [0.2, 0.25) is 0 Å². The van der Waals surface area contributed by atoms with Gasteiger partial charge in [-0.15, -0.1) is 0 Å². The van der Waals surface area contributed by atoms with E-state index in [4.69, 9.17) is 0 Å². The lowest BCUT2D eigenvalue weighted by Gasteiger charge is -2.35. The Morgan fingerprint density at radius 3 is 2.06 bits per heavy atom. The van der Waals surface area contributed by atoms with Crippen molar-refractivity contribution in [1.82, 2.24) is 0 Å². The molecule has 0 aliphatic heterocycles. The van der Waals surface area contributed by atoms with Gasteiger partial charge in [0.05, 0.1) is 0 Å². The molecule has 4 aromatic carbocycles. The van der Waals surface area contributed by atoms with Crippen molar-refractivity contribution < 1.29 is 0 Å². The van der Waals surface area contributed by atoms with Crippen LogP contribution in [0, 0.1) is 11.8 Å². The van der Waals surface area contributed by atoms with Crippen molar-refractivity contribution in [1.29, 1.82) is 0 Å². The Bertz CT molecular complexity index is 1760. The van der Waals surface area contributed by atoms with Crippen molar-refractivity contribution in [2.75, 3.05) is 0 Å². The Balaban J connectivity index is 1.67. The summed E-state index contributed by atoms with van der Waals surface area (Å²) in [5.74, 6) is 0.668. The van der Waals surface area contributed by atoms with Crippen LogP contribution < -0.4 is 20.9 Å². The van der Waals surface area contributed by atoms with Crippen LogP contribution in [0.3, 0.4) is 0 Å². The van der Waals surface area contributed by atoms with Crippen LogP contribution in [-0.4, -0.2) is 0 Å². The minimum Gasteiger partial charge on any atom is -0.0763 e. The largest absolute Gasteiger partial charge is 0.0763 e. The summed E-state index contributed by atoms with van der Waals surface area (Å²) < 4.78 is 0. The molecule has 0 fully saturated rings. The van der Waals surface area contributed by atoms with Crippen LogP contribution >= 0.6 is 0 Å². The van der Waals surface area contributed by atoms with Gasteiger partial charge >= 0.3 is 0 Å². The SMILES string of the molecule is C1=CC2C(C3=c4ccccc4=CCC3)=c3ccccc3=C(c3cccc4ccccc34)C2C=C1. The van der Waals surface area contributed by atoms with Crippen LogP contribution in [0.5, 0.6) is 0 Å². The highest BCUT2D eigenvalue weighted by Crippen LogP contribution is 2.42. The molecule has 0 nitrogen and oxygen atoms in total. The van der Waals surface area contributed by atoms with Gasteiger partial charge in [0.1, 0.15) is 0 Å². The predicted octanol–water partition coefficient (Wildman–Crippen LogP) is 4.99. The Morgan fingerprint density at radius 2 is 1.21 bits per heavy atom. The number of hydrogen-bond acceptors (Lipinski definition) is 0. The van der Waals surface area contributed by atoms with Gasteiger partial charge in [0.25, 0.3) is 0 Å². The molecule has 0 spiro atoms. The molecule has 0 N–H and O–H groups in total. The molecule has 0 amide bonds. The highest BCUT2D eigenvalue weighted by molar-refractivity contribution is 5.98. The summed E-state index contributed by atoms with van der Waals surface area (Å²) in [7, 11) is 0. The van der Waals surface area contributed by atoms with Crippen LogP contribution in [-0.2, 0) is 0 Å². The number of allylic oxidation sites excluding steroid dienone is 4. The Hall–Kier alpha value is -3.90. The first-order valence-corrected chi connectivity index (χ1v) is 12.4. The molecule has 3 aliphatic carbocycles. The van der Waals surface area contributed by atoms with Gasteiger partial charge in [0, 0.05) is 11.8 Å². The molecular formula is C34H26. The zero-order valence-electron chi connectivity index (χ0n) is 19.1. The van der Waals surface area contributed by atoms with Crippen LogP contribution in [0.2, 0.25) is 0 Å². The second kappa shape index (κ2) is 7.85. The van der Waals surface area contributed by atoms with E-state index in [0.29, 0.717) is 11.8 Å². The third-order valence-corrected chi connectivity index (χ3v) is 7.76. The molecule has 162 valence electrons. The average molecular weight is 435 g/mol. The first-order valence-electron chi connectivity index (χ1n) is 12.4. The standard InChI is InChI=1S/C34H26/c1-3-15-25-23(11-1)13-9-21-27(25)33-29-17-5-7-19-31(29)34(32-20-8-6-18-30(32)33)28-22-10-14-24-12-2-4-16-26(24)28/h1-9,11-21,29,31H,10,22H2. The molecule has 2 atom stereocenters. The van der Waals surface area contributed by atoms with Crippen molar-refractivity contribution in [2.24, 2.45) is 11.8 Å². The zero-order valence-corrected chi connectivity index (χ0v) is 19.1. The number of rotatable bonds is 2. The van der Waals surface area contributed by atoms with E-state index in [2.05, 4.69) is 121 Å². The van der Waals surface area contributed by atoms with E-state index < -0.39 is 0 Å². The molecule has 4 aromatic rings.